The number of carbonyl (C=O) groups is 1. The Morgan fingerprint density at radius 3 is 2.59 bits per heavy atom. The Kier molecular flexibility index (Phi) is 6.05. The number of nitrogens with one attached hydrogen (secondary N) is 3. The Morgan fingerprint density at radius 1 is 1.15 bits per heavy atom. The lowest BCUT2D eigenvalue weighted by Gasteiger charge is -2.29. The topological polar surface area (TPSA) is 101 Å². The number of anilines is 1. The van der Waals surface area contributed by atoms with Crippen molar-refractivity contribution in [3.63, 3.8) is 0 Å². The molecule has 1 unspecified atom stereocenters. The van der Waals surface area contributed by atoms with Gasteiger partial charge in [-0.25, -0.2) is 4.79 Å². The SMILES string of the molecule is CCC(CO)N(CC(=O)Nc1ccc2[nH]c(=O)[nH]c2c1)Cc1ccccc1. The molecule has 27 heavy (non-hydrogen) atoms. The van der Waals surface area contributed by atoms with Crippen LogP contribution < -0.4 is 11.0 Å². The van der Waals surface area contributed by atoms with Gasteiger partial charge < -0.3 is 20.4 Å². The Morgan fingerprint density at radius 2 is 1.89 bits per heavy atom. The first-order chi connectivity index (χ1) is 13.1. The van der Waals surface area contributed by atoms with E-state index in [9.17, 15) is 14.7 Å². The molecule has 0 aliphatic carbocycles. The van der Waals surface area contributed by atoms with Crippen molar-refractivity contribution in [3.05, 3.63) is 64.6 Å². The Bertz CT molecular complexity index is 945. The number of aromatic amines is 2. The van der Waals surface area contributed by atoms with E-state index < -0.39 is 0 Å². The zero-order valence-electron chi connectivity index (χ0n) is 15.2. The van der Waals surface area contributed by atoms with E-state index in [-0.39, 0.29) is 30.8 Å². The van der Waals surface area contributed by atoms with Crippen molar-refractivity contribution in [2.75, 3.05) is 18.5 Å². The molecule has 3 rings (SSSR count). The van der Waals surface area contributed by atoms with E-state index in [0.29, 0.717) is 23.3 Å². The molecule has 0 aliphatic heterocycles. The average molecular weight is 368 g/mol. The minimum Gasteiger partial charge on any atom is -0.395 e. The van der Waals surface area contributed by atoms with Crippen LogP contribution in [0.2, 0.25) is 0 Å². The fraction of sp³-hybridized carbons (Fsp3) is 0.300. The van der Waals surface area contributed by atoms with Crippen LogP contribution in [0.15, 0.2) is 53.3 Å². The number of aliphatic hydroxyl groups is 1. The number of H-pyrrole nitrogens is 2. The standard InChI is InChI=1S/C20H24N4O3/c1-2-16(13-25)24(11-14-6-4-3-5-7-14)12-19(26)21-15-8-9-17-18(10-15)23-20(27)22-17/h3-10,16,25H,2,11-13H2,1H3,(H,21,26)(H2,22,23,27). The number of hydrogen-bond donors (Lipinski definition) is 4. The quantitative estimate of drug-likeness (QED) is 0.489. The molecule has 7 nitrogen and oxygen atoms in total. The molecule has 0 bridgehead atoms. The summed E-state index contributed by atoms with van der Waals surface area (Å²) in [5.41, 5.74) is 2.75. The molecule has 1 aromatic heterocycles. The lowest BCUT2D eigenvalue weighted by molar-refractivity contribution is -0.118. The summed E-state index contributed by atoms with van der Waals surface area (Å²) in [6.07, 6.45) is 0.743. The number of benzene rings is 2. The molecule has 2 aromatic carbocycles. The summed E-state index contributed by atoms with van der Waals surface area (Å²) in [6.45, 7) is 2.73. The highest BCUT2D eigenvalue weighted by Gasteiger charge is 2.19. The molecule has 7 heteroatoms. The molecule has 1 atom stereocenters. The third kappa shape index (κ3) is 4.84. The molecule has 0 radical (unpaired) electrons. The maximum absolute atomic E-state index is 12.6. The molecule has 3 aromatic rings. The van der Waals surface area contributed by atoms with Crippen molar-refractivity contribution in [2.45, 2.75) is 25.9 Å². The molecule has 142 valence electrons. The summed E-state index contributed by atoms with van der Waals surface area (Å²) in [4.78, 5) is 31.2. The summed E-state index contributed by atoms with van der Waals surface area (Å²) in [5.74, 6) is -0.171. The number of carbonyl (C=O) groups excluding carboxylic acids is 1. The van der Waals surface area contributed by atoms with Gasteiger partial charge in [-0.2, -0.15) is 0 Å². The fourth-order valence-electron chi connectivity index (χ4n) is 3.13. The Hall–Kier alpha value is -2.90. The number of nitrogens with zero attached hydrogens (tertiary/aromatic N) is 1. The van der Waals surface area contributed by atoms with Gasteiger partial charge in [0.25, 0.3) is 0 Å². The first kappa shape index (κ1) is 18.9. The fourth-order valence-corrected chi connectivity index (χ4v) is 3.13. The molecule has 0 spiro atoms. The van der Waals surface area contributed by atoms with Gasteiger partial charge in [-0.15, -0.1) is 0 Å². The number of rotatable bonds is 8. The van der Waals surface area contributed by atoms with Gasteiger partial charge in [0.05, 0.1) is 24.2 Å². The molecule has 0 saturated carbocycles. The third-order valence-corrected chi connectivity index (χ3v) is 4.57. The normalized spacial score (nSPS) is 12.4. The van der Waals surface area contributed by atoms with Gasteiger partial charge in [-0.05, 0) is 30.2 Å². The average Bonchev–Trinajstić information content (AvgIpc) is 3.02. The molecule has 1 amide bonds. The lowest BCUT2D eigenvalue weighted by Crippen LogP contribution is -2.42. The molecule has 0 aliphatic rings. The van der Waals surface area contributed by atoms with Crippen LogP contribution in [0, 0.1) is 0 Å². The maximum atomic E-state index is 12.6. The zero-order chi connectivity index (χ0) is 19.2. The van der Waals surface area contributed by atoms with Gasteiger partial charge in [0.1, 0.15) is 0 Å². The van der Waals surface area contributed by atoms with Gasteiger partial charge in [-0.3, -0.25) is 9.69 Å². The second-order valence-corrected chi connectivity index (χ2v) is 6.52. The van der Waals surface area contributed by atoms with Crippen molar-refractivity contribution in [1.29, 1.82) is 0 Å². The van der Waals surface area contributed by atoms with Crippen LogP contribution in [0.25, 0.3) is 11.0 Å². The van der Waals surface area contributed by atoms with Crippen molar-refractivity contribution in [3.8, 4) is 0 Å². The van der Waals surface area contributed by atoms with E-state index in [0.717, 1.165) is 12.0 Å². The highest BCUT2D eigenvalue weighted by atomic mass is 16.3. The minimum absolute atomic E-state index is 0.00679. The summed E-state index contributed by atoms with van der Waals surface area (Å²) in [5, 5.41) is 12.6. The van der Waals surface area contributed by atoms with Crippen LogP contribution in [0.5, 0.6) is 0 Å². The van der Waals surface area contributed by atoms with E-state index in [2.05, 4.69) is 15.3 Å². The maximum Gasteiger partial charge on any atom is 0.323 e. The number of fused-ring (bicyclic) bond motifs is 1. The molecule has 0 fully saturated rings. The van der Waals surface area contributed by atoms with Crippen molar-refractivity contribution < 1.29 is 9.90 Å². The smallest absolute Gasteiger partial charge is 0.323 e. The summed E-state index contributed by atoms with van der Waals surface area (Å²) >= 11 is 0. The predicted octanol–water partition coefficient (Wildman–Crippen LogP) is 2.07. The molecular formula is C20H24N4O3. The van der Waals surface area contributed by atoms with Crippen molar-refractivity contribution in [2.24, 2.45) is 0 Å². The Labute approximate surface area is 157 Å². The largest absolute Gasteiger partial charge is 0.395 e. The highest BCUT2D eigenvalue weighted by Crippen LogP contribution is 2.15. The lowest BCUT2D eigenvalue weighted by atomic mass is 10.1. The van der Waals surface area contributed by atoms with E-state index in [4.69, 9.17) is 0 Å². The second kappa shape index (κ2) is 8.66. The first-order valence-electron chi connectivity index (χ1n) is 8.99. The minimum atomic E-state index is -0.281. The van der Waals surface area contributed by atoms with Crippen molar-refractivity contribution >= 4 is 22.6 Å². The van der Waals surface area contributed by atoms with Gasteiger partial charge in [0.2, 0.25) is 5.91 Å². The van der Waals surface area contributed by atoms with E-state index in [1.165, 1.54) is 0 Å². The summed E-state index contributed by atoms with van der Waals surface area (Å²) < 4.78 is 0. The van der Waals surface area contributed by atoms with Crippen molar-refractivity contribution in [1.82, 2.24) is 14.9 Å². The molecule has 0 saturated heterocycles. The number of aromatic nitrogens is 2. The highest BCUT2D eigenvalue weighted by molar-refractivity contribution is 5.94. The van der Waals surface area contributed by atoms with E-state index in [1.54, 1.807) is 18.2 Å². The second-order valence-electron chi connectivity index (χ2n) is 6.52. The van der Waals surface area contributed by atoms with Crippen LogP contribution >= 0.6 is 0 Å². The molecular weight excluding hydrogens is 344 g/mol. The summed E-state index contributed by atoms with van der Waals surface area (Å²) in [6, 6.07) is 15.0. The Balaban J connectivity index is 1.71. The van der Waals surface area contributed by atoms with E-state index in [1.807, 2.05) is 42.2 Å². The number of aliphatic hydroxyl groups excluding tert-OH is 1. The molecule has 4 N–H and O–H groups in total. The molecule has 1 heterocycles. The van der Waals surface area contributed by atoms with Crippen LogP contribution in [0.3, 0.4) is 0 Å². The van der Waals surface area contributed by atoms with Gasteiger partial charge in [0, 0.05) is 18.3 Å². The first-order valence-corrected chi connectivity index (χ1v) is 8.99. The number of hydrogen-bond acceptors (Lipinski definition) is 4. The van der Waals surface area contributed by atoms with Gasteiger partial charge in [0.15, 0.2) is 0 Å². The zero-order valence-corrected chi connectivity index (χ0v) is 15.2. The number of amides is 1. The van der Waals surface area contributed by atoms with Crippen LogP contribution in [-0.4, -0.2) is 45.1 Å². The predicted molar refractivity (Wildman–Crippen MR) is 106 cm³/mol. The van der Waals surface area contributed by atoms with Crippen LogP contribution in [0.4, 0.5) is 5.69 Å². The monoisotopic (exact) mass is 368 g/mol. The van der Waals surface area contributed by atoms with Crippen LogP contribution in [0.1, 0.15) is 18.9 Å². The summed E-state index contributed by atoms with van der Waals surface area (Å²) in [7, 11) is 0. The van der Waals surface area contributed by atoms with Gasteiger partial charge >= 0.3 is 5.69 Å². The third-order valence-electron chi connectivity index (χ3n) is 4.57. The number of imidazole rings is 1. The van der Waals surface area contributed by atoms with Gasteiger partial charge in [-0.1, -0.05) is 37.3 Å². The van der Waals surface area contributed by atoms with Crippen LogP contribution in [-0.2, 0) is 11.3 Å². The van der Waals surface area contributed by atoms with E-state index >= 15 is 0 Å².